The molecule has 1 aromatic rings. The summed E-state index contributed by atoms with van der Waals surface area (Å²) < 4.78 is 5.78. The first-order valence-corrected chi connectivity index (χ1v) is 5.27. The Labute approximate surface area is 84.1 Å². The largest absolute Gasteiger partial charge is 0.493 e. The molecular formula is C12H15NO. The maximum absolute atomic E-state index is 5.88. The van der Waals surface area contributed by atoms with E-state index in [1.54, 1.807) is 0 Å². The van der Waals surface area contributed by atoms with Gasteiger partial charge in [-0.3, -0.25) is 0 Å². The molecule has 74 valence electrons. The molecule has 14 heavy (non-hydrogen) atoms. The van der Waals surface area contributed by atoms with Crippen molar-refractivity contribution in [3.05, 3.63) is 29.8 Å². The molecule has 1 aliphatic carbocycles. The minimum absolute atomic E-state index is 0.392. The second-order valence-electron chi connectivity index (χ2n) is 4.48. The second-order valence-corrected chi connectivity index (χ2v) is 4.48. The normalized spacial score (nSPS) is 26.8. The van der Waals surface area contributed by atoms with Gasteiger partial charge in [0, 0.05) is 11.3 Å². The highest BCUT2D eigenvalue weighted by molar-refractivity contribution is 5.41. The van der Waals surface area contributed by atoms with Crippen molar-refractivity contribution in [2.75, 3.05) is 13.2 Å². The summed E-state index contributed by atoms with van der Waals surface area (Å²) in [5.74, 6) is 1.56. The fraction of sp³-hybridized carbons (Fsp3) is 0.500. The van der Waals surface area contributed by atoms with Crippen molar-refractivity contribution in [1.29, 1.82) is 0 Å². The van der Waals surface area contributed by atoms with Crippen molar-refractivity contribution in [3.63, 3.8) is 0 Å². The Bertz CT molecular complexity index is 357. The van der Waals surface area contributed by atoms with Gasteiger partial charge in [-0.05, 0) is 31.0 Å². The third kappa shape index (κ3) is 1.01. The van der Waals surface area contributed by atoms with Gasteiger partial charge in [-0.2, -0.15) is 0 Å². The first-order valence-electron chi connectivity index (χ1n) is 5.27. The van der Waals surface area contributed by atoms with Crippen LogP contribution in [-0.4, -0.2) is 13.2 Å². The molecule has 1 fully saturated rings. The molecule has 0 radical (unpaired) electrons. The summed E-state index contributed by atoms with van der Waals surface area (Å²) in [7, 11) is 0. The van der Waals surface area contributed by atoms with Gasteiger partial charge in [-0.25, -0.2) is 0 Å². The van der Waals surface area contributed by atoms with E-state index < -0.39 is 0 Å². The van der Waals surface area contributed by atoms with E-state index in [4.69, 9.17) is 10.5 Å². The van der Waals surface area contributed by atoms with Crippen molar-refractivity contribution in [1.82, 2.24) is 0 Å². The molecule has 0 aromatic heterocycles. The molecule has 1 atom stereocenters. The van der Waals surface area contributed by atoms with Crippen LogP contribution in [0.4, 0.5) is 0 Å². The Morgan fingerprint density at radius 3 is 2.86 bits per heavy atom. The van der Waals surface area contributed by atoms with Crippen LogP contribution in [0.2, 0.25) is 0 Å². The molecule has 1 spiro atoms. The summed E-state index contributed by atoms with van der Waals surface area (Å²) in [6.07, 6.45) is 2.56. The molecule has 1 aliphatic heterocycles. The summed E-state index contributed by atoms with van der Waals surface area (Å²) in [4.78, 5) is 0. The number of para-hydroxylation sites is 1. The molecular weight excluding hydrogens is 174 g/mol. The van der Waals surface area contributed by atoms with Crippen LogP contribution in [-0.2, 0) is 0 Å². The highest BCUT2D eigenvalue weighted by Crippen LogP contribution is 2.59. The van der Waals surface area contributed by atoms with Crippen LogP contribution in [0.3, 0.4) is 0 Å². The van der Waals surface area contributed by atoms with Gasteiger partial charge >= 0.3 is 0 Å². The monoisotopic (exact) mass is 189 g/mol. The lowest BCUT2D eigenvalue weighted by Gasteiger charge is -2.33. The Morgan fingerprint density at radius 1 is 1.36 bits per heavy atom. The van der Waals surface area contributed by atoms with Crippen molar-refractivity contribution < 1.29 is 4.74 Å². The lowest BCUT2D eigenvalue weighted by atomic mass is 9.81. The minimum atomic E-state index is 0.392. The molecule has 1 saturated carbocycles. The lowest BCUT2D eigenvalue weighted by molar-refractivity contribution is 0.177. The molecule has 0 bridgehead atoms. The fourth-order valence-corrected chi connectivity index (χ4v) is 2.58. The zero-order chi connectivity index (χ0) is 9.60. The van der Waals surface area contributed by atoms with E-state index in [2.05, 4.69) is 12.1 Å². The smallest absolute Gasteiger partial charge is 0.122 e. The average molecular weight is 189 g/mol. The predicted molar refractivity (Wildman–Crippen MR) is 55.4 cm³/mol. The highest BCUT2D eigenvalue weighted by atomic mass is 16.5. The summed E-state index contributed by atoms with van der Waals surface area (Å²) in [6, 6.07) is 8.31. The zero-order valence-electron chi connectivity index (χ0n) is 8.20. The summed E-state index contributed by atoms with van der Waals surface area (Å²) >= 11 is 0. The van der Waals surface area contributed by atoms with E-state index in [1.807, 2.05) is 12.1 Å². The Balaban J connectivity index is 2.06. The van der Waals surface area contributed by atoms with Crippen LogP contribution < -0.4 is 10.5 Å². The third-order valence-electron chi connectivity index (χ3n) is 3.68. The van der Waals surface area contributed by atoms with Gasteiger partial charge in [-0.1, -0.05) is 18.2 Å². The molecule has 1 aromatic carbocycles. The Kier molecular flexibility index (Phi) is 1.62. The minimum Gasteiger partial charge on any atom is -0.493 e. The molecule has 2 nitrogen and oxygen atoms in total. The van der Waals surface area contributed by atoms with Crippen LogP contribution >= 0.6 is 0 Å². The van der Waals surface area contributed by atoms with Gasteiger partial charge in [-0.15, -0.1) is 0 Å². The summed E-state index contributed by atoms with van der Waals surface area (Å²) in [5.41, 5.74) is 7.59. The number of nitrogens with two attached hydrogens (primary N) is 1. The molecule has 0 amide bonds. The second kappa shape index (κ2) is 2.74. The van der Waals surface area contributed by atoms with Gasteiger partial charge in [0.1, 0.15) is 5.75 Å². The van der Waals surface area contributed by atoms with Crippen molar-refractivity contribution in [2.45, 2.75) is 18.8 Å². The first kappa shape index (κ1) is 8.30. The average Bonchev–Trinajstić information content (AvgIpc) is 2.99. The van der Waals surface area contributed by atoms with E-state index in [-0.39, 0.29) is 0 Å². The van der Waals surface area contributed by atoms with Crippen molar-refractivity contribution in [2.24, 2.45) is 11.1 Å². The third-order valence-corrected chi connectivity index (χ3v) is 3.68. The van der Waals surface area contributed by atoms with Crippen LogP contribution in [0.1, 0.15) is 24.3 Å². The van der Waals surface area contributed by atoms with Crippen LogP contribution in [0, 0.1) is 5.41 Å². The summed E-state index contributed by atoms with van der Waals surface area (Å²) in [6.45, 7) is 1.62. The van der Waals surface area contributed by atoms with Gasteiger partial charge in [0.25, 0.3) is 0 Å². The predicted octanol–water partition coefficient (Wildman–Crippen LogP) is 1.90. The van der Waals surface area contributed by atoms with Crippen LogP contribution in [0.15, 0.2) is 24.3 Å². The lowest BCUT2D eigenvalue weighted by Crippen LogP contribution is -2.32. The molecule has 2 N–H and O–H groups in total. The maximum atomic E-state index is 5.88. The van der Waals surface area contributed by atoms with Gasteiger partial charge < -0.3 is 10.5 Å². The van der Waals surface area contributed by atoms with Gasteiger partial charge in [0.05, 0.1) is 6.61 Å². The quantitative estimate of drug-likeness (QED) is 0.732. The number of fused-ring (bicyclic) bond motifs is 1. The molecule has 2 aliphatic rings. The van der Waals surface area contributed by atoms with Gasteiger partial charge in [0.2, 0.25) is 0 Å². The number of rotatable bonds is 1. The van der Waals surface area contributed by atoms with E-state index in [0.29, 0.717) is 11.3 Å². The topological polar surface area (TPSA) is 35.2 Å². The van der Waals surface area contributed by atoms with E-state index >= 15 is 0 Å². The summed E-state index contributed by atoms with van der Waals surface area (Å²) in [5, 5.41) is 0. The fourth-order valence-electron chi connectivity index (χ4n) is 2.58. The maximum Gasteiger partial charge on any atom is 0.122 e. The number of ether oxygens (including phenoxy) is 1. The van der Waals surface area contributed by atoms with E-state index in [0.717, 1.165) is 18.9 Å². The zero-order valence-corrected chi connectivity index (χ0v) is 8.20. The van der Waals surface area contributed by atoms with Gasteiger partial charge in [0.15, 0.2) is 0 Å². The Morgan fingerprint density at radius 2 is 2.14 bits per heavy atom. The molecule has 2 heteroatoms. The molecule has 3 rings (SSSR count). The van der Waals surface area contributed by atoms with Crippen molar-refractivity contribution >= 4 is 0 Å². The Hall–Kier alpha value is -1.02. The highest BCUT2D eigenvalue weighted by Gasteiger charge is 2.52. The standard InChI is InChI=1S/C12H15NO/c13-7-10-9-3-1-2-4-11(9)14-8-12(10)5-6-12/h1-4,10H,5-8,13H2. The molecule has 0 saturated heterocycles. The van der Waals surface area contributed by atoms with Crippen LogP contribution in [0.5, 0.6) is 5.75 Å². The van der Waals surface area contributed by atoms with Crippen LogP contribution in [0.25, 0.3) is 0 Å². The molecule has 1 unspecified atom stereocenters. The first-order chi connectivity index (χ1) is 6.86. The molecule has 1 heterocycles. The van der Waals surface area contributed by atoms with E-state index in [9.17, 15) is 0 Å². The SMILES string of the molecule is NCC1c2ccccc2OCC12CC2. The number of hydrogen-bond acceptors (Lipinski definition) is 2. The van der Waals surface area contributed by atoms with Crippen molar-refractivity contribution in [3.8, 4) is 5.75 Å². The van der Waals surface area contributed by atoms with E-state index in [1.165, 1.54) is 18.4 Å². The number of hydrogen-bond donors (Lipinski definition) is 1. The number of benzene rings is 1.